The number of piperidine rings is 1. The number of likely N-dealkylation sites (tertiary alicyclic amines) is 1. The summed E-state index contributed by atoms with van der Waals surface area (Å²) in [6.07, 6.45) is 2.90. The molecule has 0 aromatic carbocycles. The van der Waals surface area contributed by atoms with Gasteiger partial charge in [0.15, 0.2) is 0 Å². The second-order valence-corrected chi connectivity index (χ2v) is 5.54. The Morgan fingerprint density at radius 1 is 1.33 bits per heavy atom. The van der Waals surface area contributed by atoms with E-state index in [9.17, 15) is 0 Å². The minimum atomic E-state index is 0.503. The first-order valence-electron chi connectivity index (χ1n) is 5.98. The summed E-state index contributed by atoms with van der Waals surface area (Å²) in [5.41, 5.74) is 0. The first-order valence-corrected chi connectivity index (χ1v) is 7.10. The highest BCUT2D eigenvalue weighted by Gasteiger charge is 2.22. The highest BCUT2D eigenvalue weighted by Crippen LogP contribution is 2.19. The van der Waals surface area contributed by atoms with E-state index in [4.69, 9.17) is 4.74 Å². The number of hydrogen-bond donors (Lipinski definition) is 0. The SMILES string of the molecule is COC1CCN(CC(CBr)C(C)C)CC1. The third-order valence-electron chi connectivity index (χ3n) is 3.50. The predicted octanol–water partition coefficient (Wildman–Crippen LogP) is 2.76. The molecule has 0 aliphatic carbocycles. The maximum absolute atomic E-state index is 5.38. The fraction of sp³-hybridized carbons (Fsp3) is 1.00. The average molecular weight is 278 g/mol. The molecule has 1 fully saturated rings. The molecule has 0 radical (unpaired) electrons. The number of ether oxygens (including phenoxy) is 1. The molecule has 0 amide bonds. The van der Waals surface area contributed by atoms with Crippen LogP contribution >= 0.6 is 15.9 Å². The van der Waals surface area contributed by atoms with Crippen LogP contribution in [0.3, 0.4) is 0 Å². The first-order chi connectivity index (χ1) is 7.17. The maximum Gasteiger partial charge on any atom is 0.0595 e. The summed E-state index contributed by atoms with van der Waals surface area (Å²) in [5.74, 6) is 1.55. The Hall–Kier alpha value is 0.400. The van der Waals surface area contributed by atoms with E-state index in [1.807, 2.05) is 7.11 Å². The molecule has 1 atom stereocenters. The van der Waals surface area contributed by atoms with Crippen LogP contribution in [-0.4, -0.2) is 43.1 Å². The Kier molecular flexibility index (Phi) is 6.17. The van der Waals surface area contributed by atoms with Crippen molar-refractivity contribution in [3.05, 3.63) is 0 Å². The molecule has 1 rings (SSSR count). The molecule has 2 nitrogen and oxygen atoms in total. The fourth-order valence-corrected chi connectivity index (χ4v) is 3.05. The van der Waals surface area contributed by atoms with Crippen LogP contribution in [-0.2, 0) is 4.74 Å². The number of halogens is 1. The van der Waals surface area contributed by atoms with E-state index >= 15 is 0 Å². The zero-order valence-corrected chi connectivity index (χ0v) is 11.8. The molecule has 3 heteroatoms. The van der Waals surface area contributed by atoms with Crippen molar-refractivity contribution in [3.8, 4) is 0 Å². The zero-order chi connectivity index (χ0) is 11.3. The number of rotatable bonds is 5. The van der Waals surface area contributed by atoms with Crippen molar-refractivity contribution in [2.24, 2.45) is 11.8 Å². The Balaban J connectivity index is 2.28. The van der Waals surface area contributed by atoms with E-state index in [-0.39, 0.29) is 0 Å². The highest BCUT2D eigenvalue weighted by atomic mass is 79.9. The van der Waals surface area contributed by atoms with E-state index in [0.29, 0.717) is 6.10 Å². The van der Waals surface area contributed by atoms with Crippen molar-refractivity contribution in [1.82, 2.24) is 4.90 Å². The van der Waals surface area contributed by atoms with E-state index in [1.54, 1.807) is 0 Å². The Morgan fingerprint density at radius 3 is 2.33 bits per heavy atom. The topological polar surface area (TPSA) is 12.5 Å². The fourth-order valence-electron chi connectivity index (χ4n) is 2.10. The van der Waals surface area contributed by atoms with E-state index < -0.39 is 0 Å². The van der Waals surface area contributed by atoms with Gasteiger partial charge in [-0.05, 0) is 24.7 Å². The van der Waals surface area contributed by atoms with Crippen LogP contribution in [0.5, 0.6) is 0 Å². The maximum atomic E-state index is 5.38. The molecule has 15 heavy (non-hydrogen) atoms. The normalized spacial score (nSPS) is 22.2. The van der Waals surface area contributed by atoms with Crippen LogP contribution in [0.25, 0.3) is 0 Å². The molecular weight excluding hydrogens is 254 g/mol. The Morgan fingerprint density at radius 2 is 1.93 bits per heavy atom. The van der Waals surface area contributed by atoms with Gasteiger partial charge in [-0.15, -0.1) is 0 Å². The molecule has 1 saturated heterocycles. The summed E-state index contributed by atoms with van der Waals surface area (Å²) in [7, 11) is 1.83. The zero-order valence-electron chi connectivity index (χ0n) is 10.2. The van der Waals surface area contributed by atoms with Gasteiger partial charge >= 0.3 is 0 Å². The molecule has 0 bridgehead atoms. The average Bonchev–Trinajstić information content (AvgIpc) is 2.26. The van der Waals surface area contributed by atoms with Crippen molar-refractivity contribution in [2.75, 3.05) is 32.1 Å². The third-order valence-corrected chi connectivity index (χ3v) is 4.33. The molecule has 1 aliphatic rings. The number of nitrogens with zero attached hydrogens (tertiary/aromatic N) is 1. The second-order valence-electron chi connectivity index (χ2n) is 4.89. The van der Waals surface area contributed by atoms with Crippen LogP contribution in [0.4, 0.5) is 0 Å². The van der Waals surface area contributed by atoms with Gasteiger partial charge in [-0.1, -0.05) is 29.8 Å². The van der Waals surface area contributed by atoms with Crippen molar-refractivity contribution < 1.29 is 4.74 Å². The van der Waals surface area contributed by atoms with Crippen LogP contribution in [0.2, 0.25) is 0 Å². The minimum absolute atomic E-state index is 0.503. The van der Waals surface area contributed by atoms with Gasteiger partial charge in [-0.3, -0.25) is 0 Å². The standard InChI is InChI=1S/C12H24BrNO/c1-10(2)11(8-13)9-14-6-4-12(15-3)5-7-14/h10-12H,4-9H2,1-3H3. The van der Waals surface area contributed by atoms with Crippen LogP contribution < -0.4 is 0 Å². The summed E-state index contributed by atoms with van der Waals surface area (Å²) in [4.78, 5) is 2.58. The molecule has 0 spiro atoms. The van der Waals surface area contributed by atoms with Crippen molar-refractivity contribution >= 4 is 15.9 Å². The molecule has 0 saturated carbocycles. The third kappa shape index (κ3) is 4.41. The molecule has 1 aliphatic heterocycles. The van der Waals surface area contributed by atoms with E-state index in [0.717, 1.165) is 17.2 Å². The summed E-state index contributed by atoms with van der Waals surface area (Å²) >= 11 is 3.62. The van der Waals surface area contributed by atoms with E-state index in [1.165, 1.54) is 32.5 Å². The van der Waals surface area contributed by atoms with Gasteiger partial charge in [0.1, 0.15) is 0 Å². The van der Waals surface area contributed by atoms with Crippen molar-refractivity contribution in [1.29, 1.82) is 0 Å². The van der Waals surface area contributed by atoms with Crippen molar-refractivity contribution in [3.63, 3.8) is 0 Å². The molecular formula is C12H24BrNO. The van der Waals surface area contributed by atoms with Crippen LogP contribution in [0.1, 0.15) is 26.7 Å². The second kappa shape index (κ2) is 6.87. The van der Waals surface area contributed by atoms with Gasteiger partial charge in [-0.25, -0.2) is 0 Å². The summed E-state index contributed by atoms with van der Waals surface area (Å²) in [5, 5.41) is 1.12. The molecule has 1 unspecified atom stereocenters. The van der Waals surface area contributed by atoms with Gasteiger partial charge in [0.05, 0.1) is 6.10 Å². The summed E-state index contributed by atoms with van der Waals surface area (Å²) in [6, 6.07) is 0. The lowest BCUT2D eigenvalue weighted by Crippen LogP contribution is -2.40. The largest absolute Gasteiger partial charge is 0.381 e. The molecule has 0 aromatic rings. The smallest absolute Gasteiger partial charge is 0.0595 e. The Bertz CT molecular complexity index is 167. The van der Waals surface area contributed by atoms with Gasteiger partial charge < -0.3 is 9.64 Å². The Labute approximate surface area is 102 Å². The van der Waals surface area contributed by atoms with E-state index in [2.05, 4.69) is 34.7 Å². The molecule has 1 heterocycles. The van der Waals surface area contributed by atoms with Crippen LogP contribution in [0.15, 0.2) is 0 Å². The monoisotopic (exact) mass is 277 g/mol. The lowest BCUT2D eigenvalue weighted by atomic mass is 9.96. The number of methoxy groups -OCH3 is 1. The molecule has 0 N–H and O–H groups in total. The lowest BCUT2D eigenvalue weighted by molar-refractivity contribution is 0.0356. The summed E-state index contributed by atoms with van der Waals surface area (Å²) in [6.45, 7) is 8.27. The van der Waals surface area contributed by atoms with Crippen LogP contribution in [0, 0.1) is 11.8 Å². The van der Waals surface area contributed by atoms with Gasteiger partial charge in [0.2, 0.25) is 0 Å². The predicted molar refractivity (Wildman–Crippen MR) is 68.6 cm³/mol. The summed E-state index contributed by atoms with van der Waals surface area (Å²) < 4.78 is 5.38. The van der Waals surface area contributed by atoms with Gasteiger partial charge in [-0.2, -0.15) is 0 Å². The lowest BCUT2D eigenvalue weighted by Gasteiger charge is -2.34. The molecule has 0 aromatic heterocycles. The number of alkyl halides is 1. The minimum Gasteiger partial charge on any atom is -0.381 e. The van der Waals surface area contributed by atoms with Gasteiger partial charge in [0, 0.05) is 32.1 Å². The van der Waals surface area contributed by atoms with Crippen molar-refractivity contribution in [2.45, 2.75) is 32.8 Å². The molecule has 90 valence electrons. The number of hydrogen-bond acceptors (Lipinski definition) is 2. The first kappa shape index (κ1) is 13.5. The van der Waals surface area contributed by atoms with Gasteiger partial charge in [0.25, 0.3) is 0 Å². The quantitative estimate of drug-likeness (QED) is 0.717. The highest BCUT2D eigenvalue weighted by molar-refractivity contribution is 9.09.